The molecule has 0 spiro atoms. The molecule has 5 heteroatoms. The molecular weight excluding hydrogens is 336 g/mol. The molecule has 2 aromatic carbocycles. The average molecular weight is 361 g/mol. The van der Waals surface area contributed by atoms with E-state index in [4.69, 9.17) is 16.3 Å². The lowest BCUT2D eigenvalue weighted by molar-refractivity contribution is -0.122. The number of carbonyl (C=O) groups excluding carboxylic acids is 1. The van der Waals surface area contributed by atoms with E-state index in [9.17, 15) is 4.79 Å². The molecule has 1 atom stereocenters. The van der Waals surface area contributed by atoms with E-state index in [-0.39, 0.29) is 5.91 Å². The molecule has 0 radical (unpaired) electrons. The van der Waals surface area contributed by atoms with Crippen molar-refractivity contribution >= 4 is 28.9 Å². The highest BCUT2D eigenvalue weighted by atomic mass is 35.5. The number of hydrogen-bond donors (Lipinski definition) is 1. The molecule has 1 N–H and O–H groups in total. The molecule has 0 heterocycles. The second-order valence-electron chi connectivity index (χ2n) is 5.88. The van der Waals surface area contributed by atoms with Crippen molar-refractivity contribution in [2.75, 3.05) is 23.3 Å². The summed E-state index contributed by atoms with van der Waals surface area (Å²) >= 11 is 6.00. The van der Waals surface area contributed by atoms with Crippen molar-refractivity contribution in [3.8, 4) is 5.75 Å². The van der Waals surface area contributed by atoms with E-state index in [1.165, 1.54) is 0 Å². The van der Waals surface area contributed by atoms with Crippen molar-refractivity contribution in [3.05, 3.63) is 53.1 Å². The quantitative estimate of drug-likeness (QED) is 0.763. The lowest BCUT2D eigenvalue weighted by Gasteiger charge is -2.21. The Bertz CT molecular complexity index is 712. The molecule has 0 aliphatic rings. The van der Waals surface area contributed by atoms with Crippen LogP contribution in [-0.4, -0.2) is 25.1 Å². The number of amides is 1. The van der Waals surface area contributed by atoms with Gasteiger partial charge in [0.15, 0.2) is 6.10 Å². The molecule has 4 nitrogen and oxygen atoms in total. The van der Waals surface area contributed by atoms with Crippen molar-refractivity contribution in [1.82, 2.24) is 0 Å². The molecule has 0 aromatic heterocycles. The number of aryl methyl sites for hydroxylation is 1. The first-order valence-corrected chi connectivity index (χ1v) is 8.91. The highest BCUT2D eigenvalue weighted by molar-refractivity contribution is 6.31. The van der Waals surface area contributed by atoms with E-state index < -0.39 is 6.10 Å². The third-order valence-electron chi connectivity index (χ3n) is 4.07. The van der Waals surface area contributed by atoms with Crippen LogP contribution in [0, 0.1) is 6.92 Å². The zero-order valence-corrected chi connectivity index (χ0v) is 15.9. The first kappa shape index (κ1) is 19.1. The predicted octanol–water partition coefficient (Wildman–Crippen LogP) is 4.90. The molecule has 2 rings (SSSR count). The summed E-state index contributed by atoms with van der Waals surface area (Å²) in [6.07, 6.45) is -0.608. The molecule has 0 aliphatic carbocycles. The van der Waals surface area contributed by atoms with Crippen LogP contribution in [0.1, 0.15) is 26.3 Å². The zero-order valence-electron chi connectivity index (χ0n) is 15.2. The number of carbonyl (C=O) groups is 1. The highest BCUT2D eigenvalue weighted by Gasteiger charge is 2.15. The monoisotopic (exact) mass is 360 g/mol. The number of hydrogen-bond acceptors (Lipinski definition) is 3. The van der Waals surface area contributed by atoms with Gasteiger partial charge in [0, 0.05) is 29.5 Å². The standard InChI is InChI=1S/C20H25ClN2O2/c1-5-23(6-2)17-9-7-16(8-10-17)22-20(24)15(4)25-18-11-12-19(21)14(3)13-18/h7-13,15H,5-6H2,1-4H3,(H,22,24). The molecule has 0 aliphatic heterocycles. The Morgan fingerprint density at radius 1 is 1.16 bits per heavy atom. The van der Waals surface area contributed by atoms with Crippen LogP contribution in [0.25, 0.3) is 0 Å². The largest absolute Gasteiger partial charge is 0.481 e. The van der Waals surface area contributed by atoms with Gasteiger partial charge in [0.1, 0.15) is 5.75 Å². The van der Waals surface area contributed by atoms with Crippen molar-refractivity contribution in [2.45, 2.75) is 33.8 Å². The molecule has 134 valence electrons. The maximum absolute atomic E-state index is 12.3. The van der Waals surface area contributed by atoms with Crippen molar-refractivity contribution in [3.63, 3.8) is 0 Å². The molecule has 0 fully saturated rings. The van der Waals surface area contributed by atoms with Crippen LogP contribution in [0.15, 0.2) is 42.5 Å². The summed E-state index contributed by atoms with van der Waals surface area (Å²) in [6, 6.07) is 13.2. The summed E-state index contributed by atoms with van der Waals surface area (Å²) in [6.45, 7) is 9.77. The predicted molar refractivity (Wildman–Crippen MR) is 105 cm³/mol. The summed E-state index contributed by atoms with van der Waals surface area (Å²) in [5.41, 5.74) is 2.81. The van der Waals surface area contributed by atoms with Crippen LogP contribution in [-0.2, 0) is 4.79 Å². The lowest BCUT2D eigenvalue weighted by atomic mass is 10.2. The van der Waals surface area contributed by atoms with Gasteiger partial charge in [0.25, 0.3) is 5.91 Å². The summed E-state index contributed by atoms with van der Waals surface area (Å²) in [4.78, 5) is 14.6. The Balaban J connectivity index is 1.97. The summed E-state index contributed by atoms with van der Waals surface area (Å²) in [5.74, 6) is 0.435. The maximum atomic E-state index is 12.3. The molecule has 25 heavy (non-hydrogen) atoms. The molecule has 0 bridgehead atoms. The van der Waals surface area contributed by atoms with Gasteiger partial charge in [0.05, 0.1) is 0 Å². The SMILES string of the molecule is CCN(CC)c1ccc(NC(=O)C(C)Oc2ccc(Cl)c(C)c2)cc1. The molecule has 0 saturated carbocycles. The second-order valence-corrected chi connectivity index (χ2v) is 6.29. The number of rotatable bonds is 7. The smallest absolute Gasteiger partial charge is 0.265 e. The van der Waals surface area contributed by atoms with E-state index in [2.05, 4.69) is 24.1 Å². The fourth-order valence-corrected chi connectivity index (χ4v) is 2.65. The van der Waals surface area contributed by atoms with Crippen LogP contribution >= 0.6 is 11.6 Å². The summed E-state index contributed by atoms with van der Waals surface area (Å²) in [7, 11) is 0. The summed E-state index contributed by atoms with van der Waals surface area (Å²) in [5, 5.41) is 3.56. The number of nitrogens with one attached hydrogen (secondary N) is 1. The first-order chi connectivity index (χ1) is 11.9. The topological polar surface area (TPSA) is 41.6 Å². The van der Waals surface area contributed by atoms with E-state index in [1.807, 2.05) is 37.3 Å². The van der Waals surface area contributed by atoms with Gasteiger partial charge >= 0.3 is 0 Å². The molecular formula is C20H25ClN2O2. The van der Waals surface area contributed by atoms with Crippen molar-refractivity contribution < 1.29 is 9.53 Å². The van der Waals surface area contributed by atoms with E-state index in [0.717, 1.165) is 30.0 Å². The van der Waals surface area contributed by atoms with Crippen LogP contribution in [0.4, 0.5) is 11.4 Å². The maximum Gasteiger partial charge on any atom is 0.265 e. The third kappa shape index (κ3) is 5.13. The number of halogens is 1. The van der Waals surface area contributed by atoms with E-state index >= 15 is 0 Å². The van der Waals surface area contributed by atoms with Gasteiger partial charge in [-0.1, -0.05) is 11.6 Å². The zero-order chi connectivity index (χ0) is 18.4. The molecule has 0 saturated heterocycles. The normalized spacial score (nSPS) is 11.7. The van der Waals surface area contributed by atoms with Crippen LogP contribution in [0.2, 0.25) is 5.02 Å². The number of nitrogens with zero attached hydrogens (tertiary/aromatic N) is 1. The Kier molecular flexibility index (Phi) is 6.71. The minimum absolute atomic E-state index is 0.191. The van der Waals surface area contributed by atoms with Gasteiger partial charge in [-0.05, 0) is 75.7 Å². The fourth-order valence-electron chi connectivity index (χ4n) is 2.54. The Morgan fingerprint density at radius 2 is 1.80 bits per heavy atom. The van der Waals surface area contributed by atoms with Crippen LogP contribution < -0.4 is 15.0 Å². The Labute approximate surface area is 154 Å². The van der Waals surface area contributed by atoms with Crippen molar-refractivity contribution in [2.24, 2.45) is 0 Å². The number of anilines is 2. The van der Waals surface area contributed by atoms with Gasteiger partial charge in [-0.2, -0.15) is 0 Å². The van der Waals surface area contributed by atoms with Gasteiger partial charge in [-0.15, -0.1) is 0 Å². The van der Waals surface area contributed by atoms with E-state index in [0.29, 0.717) is 10.8 Å². The summed E-state index contributed by atoms with van der Waals surface area (Å²) < 4.78 is 5.70. The molecule has 2 aromatic rings. The number of ether oxygens (including phenoxy) is 1. The average Bonchev–Trinajstić information content (AvgIpc) is 2.60. The lowest BCUT2D eigenvalue weighted by Crippen LogP contribution is -2.30. The van der Waals surface area contributed by atoms with Gasteiger partial charge < -0.3 is 15.0 Å². The Hall–Kier alpha value is -2.20. The Morgan fingerprint density at radius 3 is 2.36 bits per heavy atom. The molecule has 1 amide bonds. The van der Waals surface area contributed by atoms with Gasteiger partial charge in [-0.3, -0.25) is 4.79 Å². The number of benzene rings is 2. The second kappa shape index (κ2) is 8.77. The first-order valence-electron chi connectivity index (χ1n) is 8.53. The van der Waals surface area contributed by atoms with Crippen molar-refractivity contribution in [1.29, 1.82) is 0 Å². The minimum Gasteiger partial charge on any atom is -0.481 e. The fraction of sp³-hybridized carbons (Fsp3) is 0.350. The highest BCUT2D eigenvalue weighted by Crippen LogP contribution is 2.22. The van der Waals surface area contributed by atoms with Crippen LogP contribution in [0.3, 0.4) is 0 Å². The van der Waals surface area contributed by atoms with Gasteiger partial charge in [0.2, 0.25) is 0 Å². The van der Waals surface area contributed by atoms with Crippen LogP contribution in [0.5, 0.6) is 5.75 Å². The minimum atomic E-state index is -0.608. The van der Waals surface area contributed by atoms with Gasteiger partial charge in [-0.25, -0.2) is 0 Å². The molecule has 1 unspecified atom stereocenters. The van der Waals surface area contributed by atoms with E-state index in [1.54, 1.807) is 19.1 Å². The third-order valence-corrected chi connectivity index (χ3v) is 4.50.